The molecule has 5 rings (SSSR count). The molecule has 6 heteroatoms. The number of hydrogen-bond donors (Lipinski definition) is 0. The minimum Gasteiger partial charge on any atom is -0.310 e. The molecule has 4 nitrogen and oxygen atoms in total. The van der Waals surface area contributed by atoms with Crippen molar-refractivity contribution in [2.75, 3.05) is 0 Å². The molecule has 0 bridgehead atoms. The number of aromatic nitrogens is 2. The van der Waals surface area contributed by atoms with Gasteiger partial charge in [0.05, 0.1) is 17.8 Å². The number of Topliss-reactive ketones (excluding diaryl/α,β-unsaturated/α-hetero) is 1. The molecule has 0 radical (unpaired) electrons. The van der Waals surface area contributed by atoms with E-state index in [1.807, 2.05) is 30.3 Å². The Kier molecular flexibility index (Phi) is 6.19. The van der Waals surface area contributed by atoms with Crippen LogP contribution in [0.25, 0.3) is 5.57 Å². The molecule has 0 amide bonds. The van der Waals surface area contributed by atoms with E-state index in [1.54, 1.807) is 12.3 Å². The second kappa shape index (κ2) is 9.58. The topological polar surface area (TPSA) is 52.0 Å². The predicted octanol–water partition coefficient (Wildman–Crippen LogP) is 5.18. The molecule has 0 N–H and O–H groups in total. The van der Waals surface area contributed by atoms with Crippen LogP contribution in [0, 0.1) is 11.6 Å². The SMILES string of the molecule is O=C(Cc1cccc(CC2=CCc3ncccc32)c1)c1cccn(Cc2ccc(F)c(F)c2)c1=O. The lowest BCUT2D eigenvalue weighted by Gasteiger charge is -2.10. The summed E-state index contributed by atoms with van der Waals surface area (Å²) in [7, 11) is 0. The average molecular weight is 469 g/mol. The highest BCUT2D eigenvalue weighted by atomic mass is 19.2. The van der Waals surface area contributed by atoms with Crippen molar-refractivity contribution in [2.45, 2.75) is 25.8 Å². The van der Waals surface area contributed by atoms with E-state index in [0.717, 1.165) is 41.8 Å². The Balaban J connectivity index is 1.32. The minimum absolute atomic E-state index is 0.0398. The highest BCUT2D eigenvalue weighted by Crippen LogP contribution is 2.28. The van der Waals surface area contributed by atoms with Gasteiger partial charge in [0.15, 0.2) is 17.4 Å². The Morgan fingerprint density at radius 1 is 0.914 bits per heavy atom. The van der Waals surface area contributed by atoms with Crippen LogP contribution >= 0.6 is 0 Å². The Hall–Kier alpha value is -4.19. The fourth-order valence-corrected chi connectivity index (χ4v) is 4.45. The van der Waals surface area contributed by atoms with Gasteiger partial charge in [-0.3, -0.25) is 14.6 Å². The van der Waals surface area contributed by atoms with Crippen LogP contribution in [0.2, 0.25) is 0 Å². The molecule has 174 valence electrons. The van der Waals surface area contributed by atoms with Crippen molar-refractivity contribution in [3.8, 4) is 0 Å². The number of benzene rings is 2. The number of halogens is 2. The third-order valence-corrected chi connectivity index (χ3v) is 6.19. The number of fused-ring (bicyclic) bond motifs is 1. The van der Waals surface area contributed by atoms with E-state index in [-0.39, 0.29) is 24.3 Å². The summed E-state index contributed by atoms with van der Waals surface area (Å²) in [6, 6.07) is 18.4. The Bertz CT molecular complexity index is 1520. The van der Waals surface area contributed by atoms with Crippen LogP contribution in [0.5, 0.6) is 0 Å². The van der Waals surface area contributed by atoms with Gasteiger partial charge in [0.25, 0.3) is 5.56 Å². The lowest BCUT2D eigenvalue weighted by Crippen LogP contribution is -2.27. The first-order chi connectivity index (χ1) is 17.0. The molecule has 2 aromatic carbocycles. The number of pyridine rings is 2. The maximum absolute atomic E-state index is 13.5. The zero-order valence-corrected chi connectivity index (χ0v) is 18.9. The number of rotatable bonds is 7. The quantitative estimate of drug-likeness (QED) is 0.352. The van der Waals surface area contributed by atoms with E-state index in [4.69, 9.17) is 0 Å². The highest BCUT2D eigenvalue weighted by Gasteiger charge is 2.16. The van der Waals surface area contributed by atoms with Gasteiger partial charge in [-0.15, -0.1) is 0 Å². The molecule has 4 aromatic rings. The maximum atomic E-state index is 13.5. The van der Waals surface area contributed by atoms with Gasteiger partial charge < -0.3 is 4.57 Å². The highest BCUT2D eigenvalue weighted by molar-refractivity contribution is 5.97. The first-order valence-corrected chi connectivity index (χ1v) is 11.4. The molecule has 0 unspecified atom stereocenters. The molecular formula is C29H22F2N2O2. The molecule has 2 heterocycles. The smallest absolute Gasteiger partial charge is 0.261 e. The minimum atomic E-state index is -0.976. The van der Waals surface area contributed by atoms with E-state index in [0.29, 0.717) is 5.56 Å². The Labute approximate surface area is 201 Å². The number of carbonyl (C=O) groups excluding carboxylic acids is 1. The number of ketones is 1. The molecule has 0 spiro atoms. The second-order valence-electron chi connectivity index (χ2n) is 8.63. The maximum Gasteiger partial charge on any atom is 0.261 e. The summed E-state index contributed by atoms with van der Waals surface area (Å²) in [6.45, 7) is 0.0398. The normalized spacial score (nSPS) is 12.3. The monoisotopic (exact) mass is 468 g/mol. The van der Waals surface area contributed by atoms with Crippen molar-refractivity contribution in [3.05, 3.63) is 141 Å². The largest absolute Gasteiger partial charge is 0.310 e. The van der Waals surface area contributed by atoms with E-state index in [1.165, 1.54) is 34.0 Å². The fraction of sp³-hybridized carbons (Fsp3) is 0.138. The molecule has 0 saturated carbocycles. The molecule has 0 atom stereocenters. The lowest BCUT2D eigenvalue weighted by molar-refractivity contribution is 0.0991. The number of allylic oxidation sites excluding steroid dienone is 2. The van der Waals surface area contributed by atoms with Gasteiger partial charge in [-0.2, -0.15) is 0 Å². The van der Waals surface area contributed by atoms with Crippen LogP contribution in [0.15, 0.2) is 90.0 Å². The predicted molar refractivity (Wildman–Crippen MR) is 130 cm³/mol. The second-order valence-corrected chi connectivity index (χ2v) is 8.63. The van der Waals surface area contributed by atoms with Crippen LogP contribution in [-0.4, -0.2) is 15.3 Å². The summed E-state index contributed by atoms with van der Waals surface area (Å²) in [4.78, 5) is 30.4. The lowest BCUT2D eigenvalue weighted by atomic mass is 9.97. The number of carbonyl (C=O) groups is 1. The number of nitrogens with zero attached hydrogens (tertiary/aromatic N) is 2. The first-order valence-electron chi connectivity index (χ1n) is 11.4. The summed E-state index contributed by atoms with van der Waals surface area (Å²) in [5, 5.41) is 0. The Morgan fingerprint density at radius 2 is 1.77 bits per heavy atom. The van der Waals surface area contributed by atoms with Gasteiger partial charge in [-0.05, 0) is 64.6 Å². The van der Waals surface area contributed by atoms with Crippen LogP contribution in [0.3, 0.4) is 0 Å². The van der Waals surface area contributed by atoms with Crippen molar-refractivity contribution in [3.63, 3.8) is 0 Å². The first kappa shape index (κ1) is 22.6. The van der Waals surface area contributed by atoms with Crippen molar-refractivity contribution >= 4 is 11.4 Å². The van der Waals surface area contributed by atoms with E-state index in [9.17, 15) is 18.4 Å². The molecular weight excluding hydrogens is 446 g/mol. The third-order valence-electron chi connectivity index (χ3n) is 6.19. The fourth-order valence-electron chi connectivity index (χ4n) is 4.45. The molecule has 0 saturated heterocycles. The summed E-state index contributed by atoms with van der Waals surface area (Å²) < 4.78 is 28.1. The van der Waals surface area contributed by atoms with E-state index in [2.05, 4.69) is 17.1 Å². The van der Waals surface area contributed by atoms with E-state index >= 15 is 0 Å². The third kappa shape index (κ3) is 4.87. The molecule has 1 aliphatic rings. The summed E-state index contributed by atoms with van der Waals surface area (Å²) in [5.41, 5.74) is 5.42. The molecule has 35 heavy (non-hydrogen) atoms. The van der Waals surface area contributed by atoms with Gasteiger partial charge in [0, 0.05) is 25.2 Å². The van der Waals surface area contributed by atoms with Gasteiger partial charge in [0.1, 0.15) is 0 Å². The summed E-state index contributed by atoms with van der Waals surface area (Å²) in [6.07, 6.45) is 7.19. The number of hydrogen-bond acceptors (Lipinski definition) is 3. The summed E-state index contributed by atoms with van der Waals surface area (Å²) in [5.74, 6) is -2.21. The van der Waals surface area contributed by atoms with E-state index < -0.39 is 17.2 Å². The van der Waals surface area contributed by atoms with Crippen molar-refractivity contribution < 1.29 is 13.6 Å². The van der Waals surface area contributed by atoms with Crippen LogP contribution < -0.4 is 5.56 Å². The average Bonchev–Trinajstić information content (AvgIpc) is 3.26. The van der Waals surface area contributed by atoms with Gasteiger partial charge in [-0.1, -0.05) is 42.5 Å². The van der Waals surface area contributed by atoms with Gasteiger partial charge in [-0.25, -0.2) is 8.78 Å². The standard InChI is InChI=1S/C29H22F2N2O2/c30-25-10-8-21(16-26(25)31)18-33-13-3-7-24(29(33)35)28(34)17-20-5-1-4-19(14-20)15-22-9-11-27-23(22)6-2-12-32-27/h1-10,12-14,16H,11,15,17-18H2. The zero-order chi connectivity index (χ0) is 24.4. The summed E-state index contributed by atoms with van der Waals surface area (Å²) >= 11 is 0. The molecule has 0 aliphatic heterocycles. The molecule has 1 aliphatic carbocycles. The van der Waals surface area contributed by atoms with Gasteiger partial charge in [0.2, 0.25) is 0 Å². The van der Waals surface area contributed by atoms with Crippen molar-refractivity contribution in [2.24, 2.45) is 0 Å². The Morgan fingerprint density at radius 3 is 2.63 bits per heavy atom. The van der Waals surface area contributed by atoms with Gasteiger partial charge >= 0.3 is 0 Å². The van der Waals surface area contributed by atoms with Crippen LogP contribution in [0.1, 0.15) is 38.3 Å². The molecule has 2 aromatic heterocycles. The molecule has 0 fully saturated rings. The van der Waals surface area contributed by atoms with Crippen LogP contribution in [-0.2, 0) is 25.8 Å². The van der Waals surface area contributed by atoms with Crippen molar-refractivity contribution in [1.29, 1.82) is 0 Å². The van der Waals surface area contributed by atoms with Crippen molar-refractivity contribution in [1.82, 2.24) is 9.55 Å². The zero-order valence-electron chi connectivity index (χ0n) is 18.9. The van der Waals surface area contributed by atoms with Crippen LogP contribution in [0.4, 0.5) is 8.78 Å².